The third-order valence-corrected chi connectivity index (χ3v) is 2.38. The summed E-state index contributed by atoms with van der Waals surface area (Å²) in [5, 5.41) is 8.44. The van der Waals surface area contributed by atoms with Gasteiger partial charge in [-0.1, -0.05) is 24.3 Å². The summed E-state index contributed by atoms with van der Waals surface area (Å²) in [5.41, 5.74) is 0.762. The Bertz CT molecular complexity index is 363. The predicted octanol–water partition coefficient (Wildman–Crippen LogP) is 3.37. The maximum absolute atomic E-state index is 12.9. The van der Waals surface area contributed by atoms with Crippen LogP contribution in [0.5, 0.6) is 0 Å². The lowest BCUT2D eigenvalue weighted by atomic mass is 10.0. The fraction of sp³-hybridized carbons (Fsp3) is 0.417. The van der Waals surface area contributed by atoms with Gasteiger partial charge in [-0.3, -0.25) is 4.79 Å². The molecule has 0 amide bonds. The van der Waals surface area contributed by atoms with E-state index in [1.54, 1.807) is 12.1 Å². The van der Waals surface area contributed by atoms with Gasteiger partial charge < -0.3 is 5.11 Å². The summed E-state index contributed by atoms with van der Waals surface area (Å²) in [5.74, 6) is -0.872. The first-order valence-corrected chi connectivity index (χ1v) is 5.23. The molecule has 0 aromatic heterocycles. The summed E-state index contributed by atoms with van der Waals surface area (Å²) in [7, 11) is 0. The molecule has 1 atom stereocenters. The van der Waals surface area contributed by atoms with Gasteiger partial charge in [-0.15, -0.1) is 0 Å². The van der Waals surface area contributed by atoms with Crippen LogP contribution in [0.15, 0.2) is 24.3 Å². The van der Waals surface area contributed by atoms with E-state index >= 15 is 0 Å². The van der Waals surface area contributed by atoms with Gasteiger partial charge in [0.15, 0.2) is 6.17 Å². The van der Waals surface area contributed by atoms with Gasteiger partial charge in [0.2, 0.25) is 0 Å². The molecular weight excluding hydrogens is 233 g/mol. The van der Waals surface area contributed by atoms with Gasteiger partial charge in [-0.05, 0) is 24.0 Å². The molecule has 1 rings (SSSR count). The predicted molar refractivity (Wildman–Crippen MR) is 56.9 cm³/mol. The topological polar surface area (TPSA) is 37.3 Å². The monoisotopic (exact) mass is 246 g/mol. The van der Waals surface area contributed by atoms with Gasteiger partial charge in [0.1, 0.15) is 0 Å². The third kappa shape index (κ3) is 4.46. The Balaban J connectivity index is 2.53. The molecule has 5 heteroatoms. The number of aryl methyl sites for hydroxylation is 1. The zero-order valence-corrected chi connectivity index (χ0v) is 9.07. The summed E-state index contributed by atoms with van der Waals surface area (Å²) in [6.45, 7) is 0. The Kier molecular flexibility index (Phi) is 5.00. The Hall–Kier alpha value is -1.52. The standard InChI is InChI=1S/C12H13F3O2/c13-11(12(14)15)9-6-4-8(5-7-9)2-1-3-10(16)17/h4-7,11-12H,1-3H2,(H,16,17). The molecule has 0 fully saturated rings. The molecule has 0 bridgehead atoms. The highest BCUT2D eigenvalue weighted by Crippen LogP contribution is 2.24. The molecule has 0 spiro atoms. The molecule has 0 aliphatic carbocycles. The van der Waals surface area contributed by atoms with E-state index in [4.69, 9.17) is 5.11 Å². The minimum Gasteiger partial charge on any atom is -0.481 e. The molecule has 0 radical (unpaired) electrons. The number of carboxylic acid groups (broad SMARTS) is 1. The van der Waals surface area contributed by atoms with Gasteiger partial charge in [0.25, 0.3) is 6.43 Å². The number of carbonyl (C=O) groups is 1. The van der Waals surface area contributed by atoms with E-state index in [2.05, 4.69) is 0 Å². The first-order valence-electron chi connectivity index (χ1n) is 5.23. The largest absolute Gasteiger partial charge is 0.481 e. The van der Waals surface area contributed by atoms with Crippen LogP contribution >= 0.6 is 0 Å². The molecule has 0 heterocycles. The van der Waals surface area contributed by atoms with Crippen LogP contribution in [0.3, 0.4) is 0 Å². The average Bonchev–Trinajstić information content (AvgIpc) is 2.28. The zero-order valence-electron chi connectivity index (χ0n) is 9.07. The van der Waals surface area contributed by atoms with E-state index in [0.29, 0.717) is 12.8 Å². The lowest BCUT2D eigenvalue weighted by molar-refractivity contribution is -0.137. The highest BCUT2D eigenvalue weighted by Gasteiger charge is 2.20. The number of alkyl halides is 3. The Labute approximate surface area is 97.1 Å². The minimum absolute atomic E-state index is 0.0537. The zero-order chi connectivity index (χ0) is 12.8. The highest BCUT2D eigenvalue weighted by molar-refractivity contribution is 5.66. The van der Waals surface area contributed by atoms with Crippen molar-refractivity contribution in [3.63, 3.8) is 0 Å². The van der Waals surface area contributed by atoms with Crippen LogP contribution in [-0.2, 0) is 11.2 Å². The van der Waals surface area contributed by atoms with Crippen molar-refractivity contribution in [2.75, 3.05) is 0 Å². The number of benzene rings is 1. The van der Waals surface area contributed by atoms with Gasteiger partial charge in [0, 0.05) is 6.42 Å². The van der Waals surface area contributed by atoms with E-state index in [1.807, 2.05) is 0 Å². The maximum Gasteiger partial charge on any atom is 0.303 e. The molecule has 1 aromatic carbocycles. The minimum atomic E-state index is -3.02. The van der Waals surface area contributed by atoms with Crippen molar-refractivity contribution in [1.29, 1.82) is 0 Å². The third-order valence-electron chi connectivity index (χ3n) is 2.38. The average molecular weight is 246 g/mol. The lowest BCUT2D eigenvalue weighted by Crippen LogP contribution is -2.03. The number of carboxylic acids is 1. The van der Waals surface area contributed by atoms with Crippen LogP contribution in [0.1, 0.15) is 30.1 Å². The first-order chi connectivity index (χ1) is 8.00. The second kappa shape index (κ2) is 6.27. The van der Waals surface area contributed by atoms with Crippen LogP contribution in [0, 0.1) is 0 Å². The normalized spacial score (nSPS) is 12.7. The van der Waals surface area contributed by atoms with Crippen molar-refractivity contribution < 1.29 is 23.1 Å². The summed E-state index contributed by atoms with van der Waals surface area (Å²) >= 11 is 0. The van der Waals surface area contributed by atoms with Crippen molar-refractivity contribution in [2.24, 2.45) is 0 Å². The van der Waals surface area contributed by atoms with Crippen LogP contribution < -0.4 is 0 Å². The molecule has 1 aromatic rings. The fourth-order valence-corrected chi connectivity index (χ4v) is 1.46. The fourth-order valence-electron chi connectivity index (χ4n) is 1.46. The van der Waals surface area contributed by atoms with Crippen LogP contribution in [-0.4, -0.2) is 17.5 Å². The molecule has 17 heavy (non-hydrogen) atoms. The van der Waals surface area contributed by atoms with Crippen molar-refractivity contribution in [3.05, 3.63) is 35.4 Å². The number of hydrogen-bond acceptors (Lipinski definition) is 1. The molecule has 1 N–H and O–H groups in total. The molecule has 0 saturated heterocycles. The molecule has 0 aliphatic heterocycles. The quantitative estimate of drug-likeness (QED) is 0.835. The molecule has 0 saturated carbocycles. The summed E-state index contributed by atoms with van der Waals surface area (Å²) in [6, 6.07) is 5.72. The molecule has 1 unspecified atom stereocenters. The Morgan fingerprint density at radius 1 is 1.18 bits per heavy atom. The maximum atomic E-state index is 12.9. The van der Waals surface area contributed by atoms with Crippen molar-refractivity contribution in [3.8, 4) is 0 Å². The Morgan fingerprint density at radius 3 is 2.24 bits per heavy atom. The summed E-state index contributed by atoms with van der Waals surface area (Å²) in [4.78, 5) is 10.3. The van der Waals surface area contributed by atoms with Crippen molar-refractivity contribution >= 4 is 5.97 Å². The lowest BCUT2D eigenvalue weighted by Gasteiger charge is -2.08. The van der Waals surface area contributed by atoms with Crippen LogP contribution in [0.25, 0.3) is 0 Å². The first kappa shape index (κ1) is 13.5. The molecular formula is C12H13F3O2. The van der Waals surface area contributed by atoms with Crippen LogP contribution in [0.2, 0.25) is 0 Å². The van der Waals surface area contributed by atoms with Gasteiger partial charge >= 0.3 is 5.97 Å². The molecule has 2 nitrogen and oxygen atoms in total. The number of aliphatic carboxylic acids is 1. The molecule has 94 valence electrons. The molecule has 0 aliphatic rings. The number of rotatable bonds is 6. The smallest absolute Gasteiger partial charge is 0.303 e. The van der Waals surface area contributed by atoms with Crippen LogP contribution in [0.4, 0.5) is 13.2 Å². The van der Waals surface area contributed by atoms with E-state index in [0.717, 1.165) is 5.56 Å². The van der Waals surface area contributed by atoms with E-state index in [9.17, 15) is 18.0 Å². The number of hydrogen-bond donors (Lipinski definition) is 1. The van der Waals surface area contributed by atoms with E-state index < -0.39 is 18.6 Å². The van der Waals surface area contributed by atoms with Gasteiger partial charge in [-0.25, -0.2) is 13.2 Å². The van der Waals surface area contributed by atoms with E-state index in [1.165, 1.54) is 12.1 Å². The SMILES string of the molecule is O=C(O)CCCc1ccc(C(F)C(F)F)cc1. The summed E-state index contributed by atoms with van der Waals surface area (Å²) < 4.78 is 37.1. The van der Waals surface area contributed by atoms with Crippen molar-refractivity contribution in [1.82, 2.24) is 0 Å². The highest BCUT2D eigenvalue weighted by atomic mass is 19.3. The Morgan fingerprint density at radius 2 is 1.76 bits per heavy atom. The van der Waals surface area contributed by atoms with Gasteiger partial charge in [0.05, 0.1) is 0 Å². The summed E-state index contributed by atoms with van der Waals surface area (Å²) in [6.07, 6.45) is -4.21. The second-order valence-corrected chi connectivity index (χ2v) is 3.73. The van der Waals surface area contributed by atoms with Gasteiger partial charge in [-0.2, -0.15) is 0 Å². The number of halogens is 3. The second-order valence-electron chi connectivity index (χ2n) is 3.73. The van der Waals surface area contributed by atoms with Crippen molar-refractivity contribution in [2.45, 2.75) is 31.9 Å². The van der Waals surface area contributed by atoms with E-state index in [-0.39, 0.29) is 12.0 Å².